The van der Waals surface area contributed by atoms with E-state index < -0.39 is 0 Å². The van der Waals surface area contributed by atoms with E-state index in [0.29, 0.717) is 12.5 Å². The lowest BCUT2D eigenvalue weighted by atomic mass is 10.0. The van der Waals surface area contributed by atoms with Gasteiger partial charge in [0.15, 0.2) is 0 Å². The van der Waals surface area contributed by atoms with Gasteiger partial charge in [-0.2, -0.15) is 0 Å². The zero-order valence-electron chi connectivity index (χ0n) is 14.6. The maximum absolute atomic E-state index is 12.7. The van der Waals surface area contributed by atoms with Gasteiger partial charge in [-0.3, -0.25) is 4.79 Å². The molecule has 2 heterocycles. The van der Waals surface area contributed by atoms with Crippen LogP contribution in [0.15, 0.2) is 30.5 Å². The minimum Gasteiger partial charge on any atom is -0.349 e. The number of hydrogen-bond donors (Lipinski definition) is 2. The molecule has 2 atom stereocenters. The molecule has 1 saturated carbocycles. The molecule has 138 valence electrons. The molecule has 0 radical (unpaired) electrons. The van der Waals surface area contributed by atoms with Crippen LogP contribution in [-0.4, -0.2) is 28.0 Å². The lowest BCUT2D eigenvalue weighted by Crippen LogP contribution is -2.40. The molecule has 0 aliphatic heterocycles. The van der Waals surface area contributed by atoms with Gasteiger partial charge in [0.1, 0.15) is 5.82 Å². The maximum atomic E-state index is 12.7. The number of nitrogens with zero attached hydrogens (tertiary/aromatic N) is 2. The van der Waals surface area contributed by atoms with Gasteiger partial charge in [-0.15, -0.1) is 24.8 Å². The molecule has 2 aromatic rings. The Morgan fingerprint density at radius 1 is 1.32 bits per heavy atom. The van der Waals surface area contributed by atoms with Crippen molar-refractivity contribution in [2.75, 3.05) is 6.54 Å². The predicted molar refractivity (Wildman–Crippen MR) is 105 cm³/mol. The topological polar surface area (TPSA) is 72.9 Å². The van der Waals surface area contributed by atoms with Gasteiger partial charge >= 0.3 is 0 Å². The minimum atomic E-state index is -0.00867. The van der Waals surface area contributed by atoms with Crippen molar-refractivity contribution in [2.45, 2.75) is 39.2 Å². The molecule has 2 aromatic heterocycles. The van der Waals surface area contributed by atoms with Gasteiger partial charge in [0, 0.05) is 23.6 Å². The molecular formula is C18H26Cl2N4O. The Hall–Kier alpha value is -1.56. The predicted octanol–water partition coefficient (Wildman–Crippen LogP) is 3.19. The second-order valence-corrected chi connectivity index (χ2v) is 6.31. The van der Waals surface area contributed by atoms with Crippen LogP contribution in [0.2, 0.25) is 0 Å². The van der Waals surface area contributed by atoms with E-state index in [1.165, 1.54) is 0 Å². The van der Waals surface area contributed by atoms with E-state index in [1.54, 1.807) is 6.20 Å². The van der Waals surface area contributed by atoms with E-state index in [4.69, 9.17) is 5.73 Å². The van der Waals surface area contributed by atoms with E-state index in [1.807, 2.05) is 42.7 Å². The third kappa shape index (κ3) is 4.35. The summed E-state index contributed by atoms with van der Waals surface area (Å²) in [4.78, 5) is 17.1. The highest BCUT2D eigenvalue weighted by Crippen LogP contribution is 2.26. The zero-order chi connectivity index (χ0) is 16.4. The number of halogens is 2. The number of hydrogen-bond acceptors (Lipinski definition) is 3. The van der Waals surface area contributed by atoms with Crippen LogP contribution < -0.4 is 11.1 Å². The normalized spacial score (nSPS) is 19.0. The molecule has 0 spiro atoms. The van der Waals surface area contributed by atoms with Crippen LogP contribution in [0.25, 0.3) is 5.82 Å². The van der Waals surface area contributed by atoms with Gasteiger partial charge in [-0.1, -0.05) is 12.5 Å². The molecule has 5 nitrogen and oxygen atoms in total. The summed E-state index contributed by atoms with van der Waals surface area (Å²) in [5.41, 5.74) is 8.45. The second kappa shape index (κ2) is 9.22. The fourth-order valence-corrected chi connectivity index (χ4v) is 3.59. The second-order valence-electron chi connectivity index (χ2n) is 6.31. The molecule has 1 fully saturated rings. The number of nitrogens with two attached hydrogens (primary N) is 1. The van der Waals surface area contributed by atoms with Crippen molar-refractivity contribution < 1.29 is 4.79 Å². The van der Waals surface area contributed by atoms with Gasteiger partial charge in [0.2, 0.25) is 0 Å². The number of aryl methyl sites for hydroxylation is 1. The summed E-state index contributed by atoms with van der Waals surface area (Å²) in [6, 6.07) is 7.92. The smallest absolute Gasteiger partial charge is 0.253 e. The van der Waals surface area contributed by atoms with Crippen molar-refractivity contribution in [3.8, 4) is 5.82 Å². The van der Waals surface area contributed by atoms with Crippen LogP contribution >= 0.6 is 24.8 Å². The minimum absolute atomic E-state index is 0. The summed E-state index contributed by atoms with van der Waals surface area (Å²) in [6.45, 7) is 4.60. The molecule has 1 amide bonds. The molecule has 0 bridgehead atoms. The van der Waals surface area contributed by atoms with Crippen molar-refractivity contribution in [1.29, 1.82) is 0 Å². The Morgan fingerprint density at radius 2 is 2.08 bits per heavy atom. The first kappa shape index (κ1) is 21.5. The van der Waals surface area contributed by atoms with Crippen LogP contribution in [0.3, 0.4) is 0 Å². The fraction of sp³-hybridized carbons (Fsp3) is 0.444. The lowest BCUT2D eigenvalue weighted by molar-refractivity contribution is 0.0928. The van der Waals surface area contributed by atoms with Crippen LogP contribution in [0, 0.1) is 19.8 Å². The first-order valence-electron chi connectivity index (χ1n) is 8.23. The highest BCUT2D eigenvalue weighted by molar-refractivity contribution is 5.96. The number of carbonyl (C=O) groups excluding carboxylic acids is 1. The largest absolute Gasteiger partial charge is 0.349 e. The van der Waals surface area contributed by atoms with Gasteiger partial charge in [0.05, 0.1) is 5.56 Å². The number of rotatable bonds is 4. The molecule has 3 N–H and O–H groups in total. The van der Waals surface area contributed by atoms with Crippen LogP contribution in [0.5, 0.6) is 0 Å². The third-order valence-corrected chi connectivity index (χ3v) is 4.83. The molecule has 1 aliphatic rings. The van der Waals surface area contributed by atoms with Gasteiger partial charge in [-0.25, -0.2) is 4.98 Å². The van der Waals surface area contributed by atoms with Crippen LogP contribution in [0.1, 0.15) is 41.0 Å². The number of carbonyl (C=O) groups is 1. The van der Waals surface area contributed by atoms with Crippen molar-refractivity contribution >= 4 is 30.7 Å². The molecule has 7 heteroatoms. The Labute approximate surface area is 161 Å². The zero-order valence-corrected chi connectivity index (χ0v) is 16.2. The number of nitrogens with one attached hydrogen (secondary N) is 1. The first-order valence-corrected chi connectivity index (χ1v) is 8.23. The van der Waals surface area contributed by atoms with Gasteiger partial charge < -0.3 is 15.6 Å². The summed E-state index contributed by atoms with van der Waals surface area (Å²) in [5.74, 6) is 1.23. The summed E-state index contributed by atoms with van der Waals surface area (Å²) in [7, 11) is 0. The molecule has 2 unspecified atom stereocenters. The summed E-state index contributed by atoms with van der Waals surface area (Å²) >= 11 is 0. The summed E-state index contributed by atoms with van der Waals surface area (Å²) in [6.07, 6.45) is 5.03. The molecule has 3 rings (SSSR count). The molecular weight excluding hydrogens is 359 g/mol. The fourth-order valence-electron chi connectivity index (χ4n) is 3.59. The molecule has 25 heavy (non-hydrogen) atoms. The van der Waals surface area contributed by atoms with E-state index >= 15 is 0 Å². The van der Waals surface area contributed by atoms with Crippen LogP contribution in [-0.2, 0) is 0 Å². The van der Waals surface area contributed by atoms with Crippen molar-refractivity contribution in [2.24, 2.45) is 11.7 Å². The Balaban J connectivity index is 0.00000156. The van der Waals surface area contributed by atoms with E-state index in [9.17, 15) is 4.79 Å². The average molecular weight is 385 g/mol. The Morgan fingerprint density at radius 3 is 2.72 bits per heavy atom. The third-order valence-electron chi connectivity index (χ3n) is 4.83. The lowest BCUT2D eigenvalue weighted by Gasteiger charge is -2.19. The Bertz CT molecular complexity index is 703. The quantitative estimate of drug-likeness (QED) is 0.849. The van der Waals surface area contributed by atoms with E-state index in [0.717, 1.165) is 42.0 Å². The van der Waals surface area contributed by atoms with Gasteiger partial charge in [0.25, 0.3) is 5.91 Å². The molecule has 0 aromatic carbocycles. The molecule has 0 saturated heterocycles. The summed E-state index contributed by atoms with van der Waals surface area (Å²) in [5, 5.41) is 3.18. The summed E-state index contributed by atoms with van der Waals surface area (Å²) < 4.78 is 2.02. The van der Waals surface area contributed by atoms with E-state index in [2.05, 4.69) is 10.3 Å². The number of amides is 1. The highest BCUT2D eigenvalue weighted by atomic mass is 35.5. The van der Waals surface area contributed by atoms with Crippen LogP contribution in [0.4, 0.5) is 0 Å². The SMILES string of the molecule is Cc1cc(C(=O)NC2CCCC2CN)c(C)n1-c1ccccn1.Cl.Cl. The molecule has 1 aliphatic carbocycles. The average Bonchev–Trinajstić information content (AvgIpc) is 3.12. The number of aromatic nitrogens is 2. The van der Waals surface area contributed by atoms with E-state index in [-0.39, 0.29) is 36.8 Å². The highest BCUT2D eigenvalue weighted by Gasteiger charge is 2.28. The van der Waals surface area contributed by atoms with Crippen molar-refractivity contribution in [1.82, 2.24) is 14.9 Å². The van der Waals surface area contributed by atoms with Crippen molar-refractivity contribution in [3.05, 3.63) is 47.4 Å². The number of pyridine rings is 1. The van der Waals surface area contributed by atoms with Gasteiger partial charge in [-0.05, 0) is 57.4 Å². The Kier molecular flexibility index (Phi) is 7.93. The van der Waals surface area contributed by atoms with Crippen molar-refractivity contribution in [3.63, 3.8) is 0 Å². The maximum Gasteiger partial charge on any atom is 0.253 e. The first-order chi connectivity index (χ1) is 11.1. The monoisotopic (exact) mass is 384 g/mol. The standard InChI is InChI=1S/C18H24N4O.2ClH/c1-12-10-15(13(2)22(12)17-8-3-4-9-20-17)18(23)21-16-7-5-6-14(16)11-19;;/h3-4,8-10,14,16H,5-7,11,19H2,1-2H3,(H,21,23);2*1H.